The van der Waals surface area contributed by atoms with E-state index >= 15 is 0 Å². The van der Waals surface area contributed by atoms with Crippen LogP contribution in [0.4, 0.5) is 0 Å². The quantitative estimate of drug-likeness (QED) is 0.805. The fourth-order valence-corrected chi connectivity index (χ4v) is 2.95. The van der Waals surface area contributed by atoms with Crippen molar-refractivity contribution in [1.82, 2.24) is 0 Å². The van der Waals surface area contributed by atoms with Crippen molar-refractivity contribution in [1.29, 1.82) is 0 Å². The first-order valence-corrected chi connectivity index (χ1v) is 6.83. The Balaban J connectivity index is 2.30. The lowest BCUT2D eigenvalue weighted by atomic mass is 9.82. The fourth-order valence-electron chi connectivity index (χ4n) is 2.95. The van der Waals surface area contributed by atoms with E-state index in [1.54, 1.807) is 7.11 Å². The molecule has 0 radical (unpaired) electrons. The minimum absolute atomic E-state index is 0.340. The van der Waals surface area contributed by atoms with Gasteiger partial charge in [-0.05, 0) is 43.6 Å². The Kier molecular flexibility index (Phi) is 3.67. The third-order valence-corrected chi connectivity index (χ3v) is 4.27. The van der Waals surface area contributed by atoms with Crippen LogP contribution in [0.15, 0.2) is 24.3 Å². The summed E-state index contributed by atoms with van der Waals surface area (Å²) in [7, 11) is 1.67. The second kappa shape index (κ2) is 4.93. The van der Waals surface area contributed by atoms with E-state index in [-0.39, 0.29) is 0 Å². The highest BCUT2D eigenvalue weighted by Gasteiger charge is 2.36. The topological polar surface area (TPSA) is 29.5 Å². The van der Waals surface area contributed by atoms with Crippen molar-refractivity contribution in [2.45, 2.75) is 51.6 Å². The maximum Gasteiger partial charge on any atom is 0.124 e. The van der Waals surface area contributed by atoms with E-state index in [0.29, 0.717) is 5.41 Å². The third-order valence-electron chi connectivity index (χ3n) is 4.27. The zero-order valence-corrected chi connectivity index (χ0v) is 11.7. The molecule has 18 heavy (non-hydrogen) atoms. The number of hydrogen-bond donors (Lipinski definition) is 1. The Labute approximate surface area is 110 Å². The van der Waals surface area contributed by atoms with Crippen LogP contribution in [0.5, 0.6) is 5.75 Å². The van der Waals surface area contributed by atoms with Crippen molar-refractivity contribution in [3.8, 4) is 5.75 Å². The zero-order valence-electron chi connectivity index (χ0n) is 11.7. The van der Waals surface area contributed by atoms with Crippen molar-refractivity contribution >= 4 is 0 Å². The molecule has 1 aromatic carbocycles. The van der Waals surface area contributed by atoms with Crippen molar-refractivity contribution < 1.29 is 9.84 Å². The average molecular weight is 248 g/mol. The lowest BCUT2D eigenvalue weighted by Gasteiger charge is -2.29. The second-order valence-corrected chi connectivity index (χ2v) is 6.25. The zero-order chi connectivity index (χ0) is 13.2. The lowest BCUT2D eigenvalue weighted by molar-refractivity contribution is 0.0158. The minimum atomic E-state index is -0.722. The van der Waals surface area contributed by atoms with Crippen molar-refractivity contribution in [2.24, 2.45) is 5.41 Å². The van der Waals surface area contributed by atoms with Crippen LogP contribution >= 0.6 is 0 Å². The van der Waals surface area contributed by atoms with Gasteiger partial charge in [0.2, 0.25) is 0 Å². The summed E-state index contributed by atoms with van der Waals surface area (Å²) < 4.78 is 5.40. The monoisotopic (exact) mass is 248 g/mol. The number of benzene rings is 1. The van der Waals surface area contributed by atoms with Gasteiger partial charge in [-0.1, -0.05) is 32.0 Å². The smallest absolute Gasteiger partial charge is 0.124 e. The Morgan fingerprint density at radius 3 is 2.50 bits per heavy atom. The number of rotatable bonds is 2. The molecular weight excluding hydrogens is 224 g/mol. The van der Waals surface area contributed by atoms with Gasteiger partial charge in [-0.15, -0.1) is 0 Å². The van der Waals surface area contributed by atoms with Crippen LogP contribution in [0, 0.1) is 5.41 Å². The van der Waals surface area contributed by atoms with E-state index in [9.17, 15) is 5.11 Å². The Morgan fingerprint density at radius 2 is 1.78 bits per heavy atom. The molecule has 1 unspecified atom stereocenters. The summed E-state index contributed by atoms with van der Waals surface area (Å²) >= 11 is 0. The summed E-state index contributed by atoms with van der Waals surface area (Å²) in [6.45, 7) is 4.59. The Hall–Kier alpha value is -1.02. The van der Waals surface area contributed by atoms with E-state index in [1.807, 2.05) is 24.3 Å². The molecule has 2 heteroatoms. The first kappa shape index (κ1) is 13.4. The van der Waals surface area contributed by atoms with Crippen LogP contribution in [-0.4, -0.2) is 12.2 Å². The van der Waals surface area contributed by atoms with Gasteiger partial charge in [0.15, 0.2) is 0 Å². The SMILES string of the molecule is COc1ccccc1C1(O)CCCC(C)(C)CC1. The van der Waals surface area contributed by atoms with Crippen molar-refractivity contribution in [2.75, 3.05) is 7.11 Å². The fraction of sp³-hybridized carbons (Fsp3) is 0.625. The highest BCUT2D eigenvalue weighted by Crippen LogP contribution is 2.44. The van der Waals surface area contributed by atoms with Gasteiger partial charge in [-0.3, -0.25) is 0 Å². The normalized spacial score (nSPS) is 27.6. The van der Waals surface area contributed by atoms with Crippen LogP contribution in [0.3, 0.4) is 0 Å². The maximum absolute atomic E-state index is 11.0. The number of hydrogen-bond acceptors (Lipinski definition) is 2. The molecule has 1 fully saturated rings. The highest BCUT2D eigenvalue weighted by atomic mass is 16.5. The summed E-state index contributed by atoms with van der Waals surface area (Å²) in [5.74, 6) is 0.805. The van der Waals surface area contributed by atoms with Gasteiger partial charge in [0, 0.05) is 5.56 Å². The molecule has 0 amide bonds. The molecule has 100 valence electrons. The van der Waals surface area contributed by atoms with Crippen LogP contribution in [0.1, 0.15) is 51.5 Å². The average Bonchev–Trinajstić information content (AvgIpc) is 2.49. The van der Waals surface area contributed by atoms with E-state index in [1.165, 1.54) is 6.42 Å². The summed E-state index contributed by atoms with van der Waals surface area (Å²) in [4.78, 5) is 0. The highest BCUT2D eigenvalue weighted by molar-refractivity contribution is 5.38. The molecule has 0 saturated heterocycles. The molecule has 1 atom stereocenters. The van der Waals surface area contributed by atoms with Gasteiger partial charge in [-0.2, -0.15) is 0 Å². The molecule has 0 aromatic heterocycles. The predicted molar refractivity (Wildman–Crippen MR) is 73.8 cm³/mol. The van der Waals surface area contributed by atoms with Crippen molar-refractivity contribution in [3.05, 3.63) is 29.8 Å². The molecule has 0 heterocycles. The van der Waals surface area contributed by atoms with Gasteiger partial charge >= 0.3 is 0 Å². The molecular formula is C16H24O2. The first-order chi connectivity index (χ1) is 8.47. The maximum atomic E-state index is 11.0. The first-order valence-electron chi connectivity index (χ1n) is 6.83. The van der Waals surface area contributed by atoms with E-state index in [0.717, 1.165) is 37.0 Å². The van der Waals surface area contributed by atoms with Gasteiger partial charge in [0.05, 0.1) is 12.7 Å². The van der Waals surface area contributed by atoms with Crippen LogP contribution in [-0.2, 0) is 5.60 Å². The van der Waals surface area contributed by atoms with Crippen LogP contribution in [0.2, 0.25) is 0 Å². The molecule has 1 saturated carbocycles. The van der Waals surface area contributed by atoms with E-state index < -0.39 is 5.60 Å². The van der Waals surface area contributed by atoms with E-state index in [2.05, 4.69) is 13.8 Å². The van der Waals surface area contributed by atoms with E-state index in [4.69, 9.17) is 4.74 Å². The predicted octanol–water partition coefficient (Wildman–Crippen LogP) is 3.87. The molecule has 1 aliphatic rings. The summed E-state index contributed by atoms with van der Waals surface area (Å²) in [5, 5.41) is 11.0. The summed E-state index contributed by atoms with van der Waals surface area (Å²) in [6, 6.07) is 7.86. The van der Waals surface area contributed by atoms with Gasteiger partial charge in [0.1, 0.15) is 5.75 Å². The molecule has 2 nitrogen and oxygen atoms in total. The molecule has 0 aliphatic heterocycles. The van der Waals surface area contributed by atoms with Crippen LogP contribution in [0.25, 0.3) is 0 Å². The number of aliphatic hydroxyl groups is 1. The summed E-state index contributed by atoms with van der Waals surface area (Å²) in [6.07, 6.45) is 4.96. The second-order valence-electron chi connectivity index (χ2n) is 6.25. The number of methoxy groups -OCH3 is 1. The summed E-state index contributed by atoms with van der Waals surface area (Å²) in [5.41, 5.74) is 0.567. The largest absolute Gasteiger partial charge is 0.496 e. The van der Waals surface area contributed by atoms with Crippen molar-refractivity contribution in [3.63, 3.8) is 0 Å². The van der Waals surface area contributed by atoms with Gasteiger partial charge < -0.3 is 9.84 Å². The lowest BCUT2D eigenvalue weighted by Crippen LogP contribution is -2.26. The number of para-hydroxylation sites is 1. The third kappa shape index (κ3) is 2.69. The van der Waals surface area contributed by atoms with Gasteiger partial charge in [-0.25, -0.2) is 0 Å². The van der Waals surface area contributed by atoms with Gasteiger partial charge in [0.25, 0.3) is 0 Å². The van der Waals surface area contributed by atoms with Crippen LogP contribution < -0.4 is 4.74 Å². The standard InChI is InChI=1S/C16H24O2/c1-15(2)9-6-10-16(17,12-11-15)13-7-4-5-8-14(13)18-3/h4-5,7-8,17H,6,9-12H2,1-3H3. The minimum Gasteiger partial charge on any atom is -0.496 e. The molecule has 1 aromatic rings. The number of ether oxygens (including phenoxy) is 1. The molecule has 2 rings (SSSR count). The molecule has 0 spiro atoms. The molecule has 1 aliphatic carbocycles. The molecule has 0 bridgehead atoms. The Morgan fingerprint density at radius 1 is 1.06 bits per heavy atom. The Bertz CT molecular complexity index is 411. The molecule has 1 N–H and O–H groups in total.